The van der Waals surface area contributed by atoms with Gasteiger partial charge in [-0.1, -0.05) is 140 Å². The van der Waals surface area contributed by atoms with Crippen LogP contribution in [-0.4, -0.2) is 6.71 Å². The van der Waals surface area contributed by atoms with Crippen LogP contribution in [0.2, 0.25) is 0 Å². The molecule has 60 heavy (non-hydrogen) atoms. The standard InChI is InChI=1S/C55H43BN2O2/c1-3-5-20-43(4-2)57(45-29-25-41(26-30-45)39-16-9-6-10-17-39)47-33-35-49-53(37-47)59-51-23-15-24-52-55(51)56(49)50-36-34-48(38-54(50)60-52)58(44-21-13-8-14-22-44)46-31-27-42(28-32-46)40-18-11-7-12-19-40/h4-38H,3H2,1-2H3/b20-5-,43-4+. The summed E-state index contributed by atoms with van der Waals surface area (Å²) in [7, 11) is 0. The Morgan fingerprint density at radius 1 is 0.467 bits per heavy atom. The van der Waals surface area contributed by atoms with Crippen molar-refractivity contribution < 1.29 is 9.47 Å². The van der Waals surface area contributed by atoms with Gasteiger partial charge in [-0.05, 0) is 113 Å². The molecule has 0 spiro atoms. The molecule has 0 amide bonds. The molecule has 5 heteroatoms. The van der Waals surface area contributed by atoms with Gasteiger partial charge in [-0.15, -0.1) is 0 Å². The third kappa shape index (κ3) is 6.84. The van der Waals surface area contributed by atoms with E-state index in [1.165, 1.54) is 22.3 Å². The highest BCUT2D eigenvalue weighted by Crippen LogP contribution is 2.41. The van der Waals surface area contributed by atoms with Crippen LogP contribution in [0.15, 0.2) is 218 Å². The minimum Gasteiger partial charge on any atom is -0.458 e. The monoisotopic (exact) mass is 774 g/mol. The molecule has 2 aliphatic rings. The summed E-state index contributed by atoms with van der Waals surface area (Å²) in [4.78, 5) is 4.60. The average molecular weight is 775 g/mol. The zero-order chi connectivity index (χ0) is 40.4. The van der Waals surface area contributed by atoms with Gasteiger partial charge in [0.2, 0.25) is 0 Å². The van der Waals surface area contributed by atoms with Crippen molar-refractivity contribution in [2.24, 2.45) is 0 Å². The summed E-state index contributed by atoms with van der Waals surface area (Å²) in [5, 5.41) is 0. The second-order valence-corrected chi connectivity index (χ2v) is 15.1. The van der Waals surface area contributed by atoms with Crippen LogP contribution >= 0.6 is 0 Å². The van der Waals surface area contributed by atoms with Crippen molar-refractivity contribution in [1.29, 1.82) is 0 Å². The lowest BCUT2D eigenvalue weighted by atomic mass is 9.35. The molecule has 0 radical (unpaired) electrons. The molecule has 8 aromatic carbocycles. The fourth-order valence-corrected chi connectivity index (χ4v) is 8.56. The number of ether oxygens (including phenoxy) is 2. The van der Waals surface area contributed by atoms with Gasteiger partial charge in [0.05, 0.1) is 0 Å². The van der Waals surface area contributed by atoms with Crippen LogP contribution in [0.25, 0.3) is 22.3 Å². The minimum absolute atomic E-state index is 0.0677. The highest BCUT2D eigenvalue weighted by atomic mass is 16.5. The predicted octanol–water partition coefficient (Wildman–Crippen LogP) is 13.2. The fraction of sp³-hybridized carbons (Fsp3) is 0.0545. The Balaban J connectivity index is 1.04. The van der Waals surface area contributed by atoms with Gasteiger partial charge in [-0.25, -0.2) is 0 Å². The zero-order valence-electron chi connectivity index (χ0n) is 33.7. The molecule has 0 N–H and O–H groups in total. The van der Waals surface area contributed by atoms with Gasteiger partial charge in [0.25, 0.3) is 6.71 Å². The molecule has 2 heterocycles. The molecular formula is C55H43BN2O2. The Morgan fingerprint density at radius 2 is 0.933 bits per heavy atom. The number of hydrogen-bond acceptors (Lipinski definition) is 4. The Kier molecular flexibility index (Phi) is 9.84. The van der Waals surface area contributed by atoms with E-state index in [9.17, 15) is 0 Å². The maximum absolute atomic E-state index is 6.80. The molecule has 2 aliphatic heterocycles. The quantitative estimate of drug-likeness (QED) is 0.102. The summed E-state index contributed by atoms with van der Waals surface area (Å²) in [5.41, 5.74) is 14.4. The zero-order valence-corrected chi connectivity index (χ0v) is 33.7. The molecule has 0 atom stereocenters. The summed E-state index contributed by atoms with van der Waals surface area (Å²) in [5.74, 6) is 3.31. The van der Waals surface area contributed by atoms with E-state index >= 15 is 0 Å². The van der Waals surface area contributed by atoms with Gasteiger partial charge in [0.15, 0.2) is 0 Å². The van der Waals surface area contributed by atoms with Gasteiger partial charge < -0.3 is 19.3 Å². The molecule has 0 aliphatic carbocycles. The average Bonchev–Trinajstić information content (AvgIpc) is 3.31. The Labute approximate surface area is 353 Å². The smallest absolute Gasteiger partial charge is 0.260 e. The number of fused-ring (bicyclic) bond motifs is 4. The number of benzene rings is 8. The van der Waals surface area contributed by atoms with E-state index in [2.05, 4.69) is 230 Å². The van der Waals surface area contributed by atoms with Crippen molar-refractivity contribution >= 4 is 51.5 Å². The normalized spacial score (nSPS) is 12.5. The van der Waals surface area contributed by atoms with Gasteiger partial charge >= 0.3 is 0 Å². The summed E-state index contributed by atoms with van der Waals surface area (Å²) in [6, 6.07) is 68.6. The minimum atomic E-state index is -0.0677. The van der Waals surface area contributed by atoms with Crippen molar-refractivity contribution in [3.05, 3.63) is 218 Å². The first-order chi connectivity index (χ1) is 29.7. The first-order valence-corrected chi connectivity index (χ1v) is 20.7. The SMILES string of the molecule is C/C=C(\C=C/CC)N(c1ccc(-c2ccccc2)cc1)c1ccc2c(c1)Oc1cccc3c1B2c1ccc(N(c2ccccc2)c2ccc(-c4ccccc4)cc2)cc1O3. The van der Waals surface area contributed by atoms with Crippen LogP contribution in [0, 0.1) is 0 Å². The second kappa shape index (κ2) is 16.0. The lowest BCUT2D eigenvalue weighted by Crippen LogP contribution is -2.57. The van der Waals surface area contributed by atoms with Gasteiger partial charge in [-0.3, -0.25) is 0 Å². The topological polar surface area (TPSA) is 24.9 Å². The molecule has 0 saturated carbocycles. The molecule has 288 valence electrons. The van der Waals surface area contributed by atoms with Gasteiger partial charge in [0, 0.05) is 51.7 Å². The van der Waals surface area contributed by atoms with Crippen molar-refractivity contribution in [3.63, 3.8) is 0 Å². The molecule has 8 aromatic rings. The number of hydrogen-bond donors (Lipinski definition) is 0. The van der Waals surface area contributed by atoms with Crippen molar-refractivity contribution in [2.45, 2.75) is 20.3 Å². The van der Waals surface area contributed by atoms with Crippen LogP contribution in [0.1, 0.15) is 20.3 Å². The van der Waals surface area contributed by atoms with Crippen molar-refractivity contribution in [3.8, 4) is 45.3 Å². The predicted molar refractivity (Wildman–Crippen MR) is 251 cm³/mol. The van der Waals surface area contributed by atoms with E-state index in [0.717, 1.165) is 79.9 Å². The van der Waals surface area contributed by atoms with Crippen LogP contribution in [0.5, 0.6) is 23.0 Å². The summed E-state index contributed by atoms with van der Waals surface area (Å²) in [6.45, 7) is 4.19. The highest BCUT2D eigenvalue weighted by Gasteiger charge is 2.40. The number of rotatable bonds is 10. The molecular weight excluding hydrogens is 731 g/mol. The maximum Gasteiger partial charge on any atom is 0.260 e. The number of nitrogens with zero attached hydrogens (tertiary/aromatic N) is 2. The molecule has 0 unspecified atom stereocenters. The molecule has 10 rings (SSSR count). The van der Waals surface area contributed by atoms with E-state index in [-0.39, 0.29) is 6.71 Å². The summed E-state index contributed by atoms with van der Waals surface area (Å²) < 4.78 is 13.6. The fourth-order valence-electron chi connectivity index (χ4n) is 8.56. The lowest BCUT2D eigenvalue weighted by Gasteiger charge is -2.35. The largest absolute Gasteiger partial charge is 0.458 e. The molecule has 0 fully saturated rings. The highest BCUT2D eigenvalue weighted by molar-refractivity contribution is 6.98. The first-order valence-electron chi connectivity index (χ1n) is 20.7. The van der Waals surface area contributed by atoms with Crippen LogP contribution in [-0.2, 0) is 0 Å². The van der Waals surface area contributed by atoms with E-state index in [1.54, 1.807) is 0 Å². The third-order valence-electron chi connectivity index (χ3n) is 11.4. The van der Waals surface area contributed by atoms with E-state index in [0.29, 0.717) is 0 Å². The van der Waals surface area contributed by atoms with Crippen LogP contribution in [0.3, 0.4) is 0 Å². The number of allylic oxidation sites excluding steroid dienone is 3. The number of para-hydroxylation sites is 1. The molecule has 0 bridgehead atoms. The summed E-state index contributed by atoms with van der Waals surface area (Å²) in [6.07, 6.45) is 7.52. The number of anilines is 5. The summed E-state index contributed by atoms with van der Waals surface area (Å²) >= 11 is 0. The maximum atomic E-state index is 6.80. The van der Waals surface area contributed by atoms with E-state index in [1.807, 2.05) is 6.07 Å². The third-order valence-corrected chi connectivity index (χ3v) is 11.4. The van der Waals surface area contributed by atoms with Crippen LogP contribution in [0.4, 0.5) is 28.4 Å². The van der Waals surface area contributed by atoms with Gasteiger partial charge in [0.1, 0.15) is 23.0 Å². The van der Waals surface area contributed by atoms with Crippen molar-refractivity contribution in [2.75, 3.05) is 9.80 Å². The Hall–Kier alpha value is -7.50. The molecule has 4 nitrogen and oxygen atoms in total. The van der Waals surface area contributed by atoms with E-state index in [4.69, 9.17) is 9.47 Å². The Bertz CT molecular complexity index is 2860. The second-order valence-electron chi connectivity index (χ2n) is 15.1. The van der Waals surface area contributed by atoms with Crippen LogP contribution < -0.4 is 35.7 Å². The van der Waals surface area contributed by atoms with E-state index < -0.39 is 0 Å². The molecule has 0 aromatic heterocycles. The van der Waals surface area contributed by atoms with Gasteiger partial charge in [-0.2, -0.15) is 0 Å². The lowest BCUT2D eigenvalue weighted by molar-refractivity contribution is 0.464. The van der Waals surface area contributed by atoms with Crippen molar-refractivity contribution in [1.82, 2.24) is 0 Å². The first kappa shape index (κ1) is 36.8. The molecule has 0 saturated heterocycles. The Morgan fingerprint density at radius 3 is 1.48 bits per heavy atom.